The molecule has 1 saturated heterocycles. The average molecular weight is 426 g/mol. The highest BCUT2D eigenvalue weighted by Gasteiger charge is 2.34. The van der Waals surface area contributed by atoms with Gasteiger partial charge in [0.05, 0.1) is 4.90 Å². The van der Waals surface area contributed by atoms with Gasteiger partial charge in [-0.2, -0.15) is 9.29 Å². The largest absolute Gasteiger partial charge is 0.334 e. The van der Waals surface area contributed by atoms with Crippen LogP contribution in [-0.2, 0) is 10.0 Å². The molecule has 0 spiro atoms. The van der Waals surface area contributed by atoms with Crippen LogP contribution in [0.25, 0.3) is 11.5 Å². The van der Waals surface area contributed by atoms with Gasteiger partial charge in [0, 0.05) is 24.6 Å². The van der Waals surface area contributed by atoms with Gasteiger partial charge >= 0.3 is 0 Å². The van der Waals surface area contributed by atoms with Gasteiger partial charge in [0.2, 0.25) is 10.0 Å². The standard InChI is InChI=1S/C23H27N3O3S/c1-15-14-16(2)18(4)21(17(15)3)30(27,28)26-12-10-19(11-13-26)22-24-23(29-25-22)20-8-6-5-7-9-20/h5-9,14,19H,10-13H2,1-4H3. The number of hydrogen-bond acceptors (Lipinski definition) is 5. The first-order valence-electron chi connectivity index (χ1n) is 10.3. The van der Waals surface area contributed by atoms with Crippen molar-refractivity contribution in [1.82, 2.24) is 14.4 Å². The summed E-state index contributed by atoms with van der Waals surface area (Å²) < 4.78 is 33.9. The molecule has 2 aromatic carbocycles. The highest BCUT2D eigenvalue weighted by atomic mass is 32.2. The number of benzene rings is 2. The third-order valence-electron chi connectivity index (χ3n) is 6.18. The fourth-order valence-corrected chi connectivity index (χ4v) is 6.20. The Morgan fingerprint density at radius 3 is 2.17 bits per heavy atom. The van der Waals surface area contributed by atoms with E-state index in [4.69, 9.17) is 4.52 Å². The molecular weight excluding hydrogens is 398 g/mol. The number of nitrogens with zero attached hydrogens (tertiary/aromatic N) is 3. The lowest BCUT2D eigenvalue weighted by Crippen LogP contribution is -2.38. The van der Waals surface area contributed by atoms with Gasteiger partial charge in [0.15, 0.2) is 5.82 Å². The van der Waals surface area contributed by atoms with Gasteiger partial charge < -0.3 is 4.52 Å². The predicted molar refractivity (Wildman–Crippen MR) is 116 cm³/mol. The zero-order valence-electron chi connectivity index (χ0n) is 17.8. The van der Waals surface area contributed by atoms with Crippen LogP contribution in [-0.4, -0.2) is 36.0 Å². The van der Waals surface area contributed by atoms with Gasteiger partial charge in [-0.3, -0.25) is 0 Å². The number of aromatic nitrogens is 2. The molecule has 3 aromatic rings. The van der Waals surface area contributed by atoms with Crippen molar-refractivity contribution in [3.63, 3.8) is 0 Å². The first kappa shape index (κ1) is 20.8. The SMILES string of the molecule is Cc1cc(C)c(C)c(S(=O)(=O)N2CCC(c3noc(-c4ccccc4)n3)CC2)c1C. The molecule has 0 unspecified atom stereocenters. The molecule has 1 aliphatic heterocycles. The summed E-state index contributed by atoms with van der Waals surface area (Å²) in [6.45, 7) is 8.63. The van der Waals surface area contributed by atoms with Crippen LogP contribution in [0.1, 0.15) is 46.8 Å². The van der Waals surface area contributed by atoms with E-state index in [-0.39, 0.29) is 5.92 Å². The van der Waals surface area contributed by atoms with E-state index in [1.54, 1.807) is 4.31 Å². The summed E-state index contributed by atoms with van der Waals surface area (Å²) in [4.78, 5) is 5.02. The molecule has 4 rings (SSSR count). The van der Waals surface area contributed by atoms with E-state index in [0.29, 0.717) is 42.5 Å². The highest BCUT2D eigenvalue weighted by molar-refractivity contribution is 7.89. The predicted octanol–water partition coefficient (Wildman–Crippen LogP) is 4.54. The van der Waals surface area contributed by atoms with Gasteiger partial charge in [-0.15, -0.1) is 0 Å². The van der Waals surface area contributed by atoms with Crippen molar-refractivity contribution >= 4 is 10.0 Å². The molecule has 6 nitrogen and oxygen atoms in total. The topological polar surface area (TPSA) is 76.3 Å². The summed E-state index contributed by atoms with van der Waals surface area (Å²) in [5.74, 6) is 1.26. The second-order valence-electron chi connectivity index (χ2n) is 8.09. The average Bonchev–Trinajstić information content (AvgIpc) is 3.23. The Labute approximate surface area is 178 Å². The molecular formula is C23H27N3O3S. The van der Waals surface area contributed by atoms with Crippen molar-refractivity contribution in [1.29, 1.82) is 0 Å². The van der Waals surface area contributed by atoms with Crippen LogP contribution >= 0.6 is 0 Å². The normalized spacial score (nSPS) is 16.1. The Hall–Kier alpha value is -2.51. The van der Waals surface area contributed by atoms with Crippen molar-refractivity contribution in [2.75, 3.05) is 13.1 Å². The van der Waals surface area contributed by atoms with Crippen LogP contribution < -0.4 is 0 Å². The lowest BCUT2D eigenvalue weighted by Gasteiger charge is -2.31. The summed E-state index contributed by atoms with van der Waals surface area (Å²) >= 11 is 0. The summed E-state index contributed by atoms with van der Waals surface area (Å²) in [6.07, 6.45) is 1.35. The minimum absolute atomic E-state index is 0.0964. The smallest absolute Gasteiger partial charge is 0.257 e. The molecule has 30 heavy (non-hydrogen) atoms. The Kier molecular flexibility index (Phi) is 5.51. The molecule has 0 N–H and O–H groups in total. The maximum Gasteiger partial charge on any atom is 0.257 e. The Bertz CT molecular complexity index is 1140. The number of piperidine rings is 1. The van der Waals surface area contributed by atoms with E-state index in [0.717, 1.165) is 27.8 Å². The number of aryl methyl sites for hydroxylation is 2. The highest BCUT2D eigenvalue weighted by Crippen LogP contribution is 2.33. The van der Waals surface area contributed by atoms with Gasteiger partial charge in [0.25, 0.3) is 5.89 Å². The lowest BCUT2D eigenvalue weighted by molar-refractivity contribution is 0.307. The molecule has 7 heteroatoms. The summed E-state index contributed by atoms with van der Waals surface area (Å²) in [6, 6.07) is 11.7. The van der Waals surface area contributed by atoms with Crippen LogP contribution in [0.4, 0.5) is 0 Å². The fourth-order valence-electron chi connectivity index (χ4n) is 4.15. The first-order chi connectivity index (χ1) is 14.3. The third kappa shape index (κ3) is 3.68. The molecule has 0 atom stereocenters. The van der Waals surface area contributed by atoms with Gasteiger partial charge in [-0.1, -0.05) is 29.4 Å². The van der Waals surface area contributed by atoms with E-state index in [1.165, 1.54) is 0 Å². The Morgan fingerprint density at radius 1 is 0.967 bits per heavy atom. The maximum absolute atomic E-state index is 13.4. The van der Waals surface area contributed by atoms with Crippen molar-refractivity contribution in [2.45, 2.75) is 51.3 Å². The minimum Gasteiger partial charge on any atom is -0.334 e. The van der Waals surface area contributed by atoms with Crippen LogP contribution in [0, 0.1) is 27.7 Å². The van der Waals surface area contributed by atoms with Crippen LogP contribution in [0.5, 0.6) is 0 Å². The van der Waals surface area contributed by atoms with Crippen LogP contribution in [0.15, 0.2) is 45.8 Å². The zero-order chi connectivity index (χ0) is 21.5. The van der Waals surface area contributed by atoms with Gasteiger partial charge in [-0.05, 0) is 74.9 Å². The molecule has 1 aromatic heterocycles. The maximum atomic E-state index is 13.4. The molecule has 1 fully saturated rings. The van der Waals surface area contributed by atoms with Crippen molar-refractivity contribution in [2.24, 2.45) is 0 Å². The van der Waals surface area contributed by atoms with E-state index in [2.05, 4.69) is 16.2 Å². The van der Waals surface area contributed by atoms with Gasteiger partial charge in [0.1, 0.15) is 0 Å². The van der Waals surface area contributed by atoms with Gasteiger partial charge in [-0.25, -0.2) is 8.42 Å². The zero-order valence-corrected chi connectivity index (χ0v) is 18.7. The van der Waals surface area contributed by atoms with E-state index < -0.39 is 10.0 Å². The van der Waals surface area contributed by atoms with Crippen molar-refractivity contribution in [3.05, 3.63) is 64.5 Å². The van der Waals surface area contributed by atoms with Crippen molar-refractivity contribution < 1.29 is 12.9 Å². The Morgan fingerprint density at radius 2 is 1.57 bits per heavy atom. The molecule has 0 bridgehead atoms. The van der Waals surface area contributed by atoms with Crippen LogP contribution in [0.3, 0.4) is 0 Å². The fraction of sp³-hybridized carbons (Fsp3) is 0.391. The number of hydrogen-bond donors (Lipinski definition) is 0. The molecule has 0 aliphatic carbocycles. The monoisotopic (exact) mass is 425 g/mol. The van der Waals surface area contributed by atoms with Crippen molar-refractivity contribution in [3.8, 4) is 11.5 Å². The molecule has 2 heterocycles. The summed E-state index contributed by atoms with van der Waals surface area (Å²) in [7, 11) is -3.54. The quantitative estimate of drug-likeness (QED) is 0.613. The molecule has 0 radical (unpaired) electrons. The minimum atomic E-state index is -3.54. The number of sulfonamides is 1. The second-order valence-corrected chi connectivity index (χ2v) is 9.97. The summed E-state index contributed by atoms with van der Waals surface area (Å²) in [5.41, 5.74) is 4.58. The molecule has 0 amide bonds. The molecule has 1 aliphatic rings. The van der Waals surface area contributed by atoms with E-state index >= 15 is 0 Å². The number of rotatable bonds is 4. The van der Waals surface area contributed by atoms with Crippen LogP contribution in [0.2, 0.25) is 0 Å². The second kappa shape index (κ2) is 7.96. The van der Waals surface area contributed by atoms with E-state index in [1.807, 2.05) is 58.0 Å². The molecule has 0 saturated carbocycles. The third-order valence-corrected chi connectivity index (χ3v) is 8.35. The molecule has 158 valence electrons. The summed E-state index contributed by atoms with van der Waals surface area (Å²) in [5, 5.41) is 4.16. The Balaban J connectivity index is 1.52. The first-order valence-corrected chi connectivity index (χ1v) is 11.7. The lowest BCUT2D eigenvalue weighted by atomic mass is 9.97. The van der Waals surface area contributed by atoms with E-state index in [9.17, 15) is 8.42 Å².